The summed E-state index contributed by atoms with van der Waals surface area (Å²) in [6.07, 6.45) is 7.29. The standard InChI is InChI=1S/C25H27ClN2O.C24H22N4O.C24H25N3O.C23H22BrN3O/c1-3-12-27-15-18-13-20-16-28(17-22(20)24(14-18)29-2)23-11-7-10-21(25(23)26)19-8-5-4-6-9-19;1-17-22(19-6-3-2-4-7-19)8-5-9-23(17)28-16-21-13-18(15-26-10-11-29)12-20(14-25)24(21)27-28;1-17-13-19(15-25-11-12-28)14-21-16-27(26-24(17)21)23-10-6-9-22(18(23)2)20-7-4-3-5-8-20;1-16-20(18-6-3-2-4-7-18)8-5-9-22(16)27-15-19-12-17(14-25-10-11-28)13-21(24)23(19)26-27/h4-11,13-14,27H,3,12,15-17H2,1-2H3;2-9,12-13,16,26,29H,10-11,15H2,1H3;3-10,13-14,16,25,28H,11-12,15H2,1-2H3;2-9,12-13,15,25,28H,10-11,14H2,1H3. The molecule has 1 aliphatic heterocycles. The first kappa shape index (κ1) is 80.7. The monoisotopic (exact) mass is 1590 g/mol. The summed E-state index contributed by atoms with van der Waals surface area (Å²) in [5.41, 5.74) is 28.7. The number of anilines is 1. The summed E-state index contributed by atoms with van der Waals surface area (Å²) in [6.45, 7) is 18.3. The van der Waals surface area contributed by atoms with Crippen molar-refractivity contribution in [3.8, 4) is 73.4 Å². The number of benzene rings is 12. The molecule has 114 heavy (non-hydrogen) atoms. The lowest BCUT2D eigenvalue weighted by Crippen LogP contribution is -2.17. The van der Waals surface area contributed by atoms with Crippen LogP contribution in [-0.2, 0) is 39.3 Å². The molecular weight excluding hydrogens is 1500 g/mol. The van der Waals surface area contributed by atoms with Crippen LogP contribution in [0.15, 0.2) is 266 Å². The normalized spacial score (nSPS) is 11.6. The SMILES string of the molecule is CCCNCc1cc2c(c(OC)c1)CN(c1cccc(-c3ccccc3)c1Cl)C2.Cc1c(-c2ccccc2)cccc1-n1cc2cc(CNCCO)cc(Br)c2n1.Cc1c(-c2ccccc2)cccc1-n1cc2cc(CNCCO)cc(C#N)c2n1.Cc1c(-c2ccccc2)cccc1-n1cc2cc(CNCCO)cc(C)c2n1. The maximum atomic E-state index is 9.60. The van der Waals surface area contributed by atoms with E-state index in [0.29, 0.717) is 43.8 Å². The van der Waals surface area contributed by atoms with Gasteiger partial charge in [-0.1, -0.05) is 201 Å². The molecule has 0 radical (unpaired) electrons. The fraction of sp³-hybridized carbons (Fsp3) is 0.208. The van der Waals surface area contributed by atoms with Crippen molar-refractivity contribution in [3.05, 3.63) is 332 Å². The zero-order valence-electron chi connectivity index (χ0n) is 65.3. The highest BCUT2D eigenvalue weighted by Crippen LogP contribution is 2.42. The Bertz CT molecular complexity index is 5630. The first-order valence-electron chi connectivity index (χ1n) is 38.7. The van der Waals surface area contributed by atoms with E-state index in [1.165, 1.54) is 61.2 Å². The Morgan fingerprint density at radius 1 is 0.439 bits per heavy atom. The van der Waals surface area contributed by atoms with Crippen LogP contribution in [0.2, 0.25) is 5.02 Å². The van der Waals surface area contributed by atoms with Gasteiger partial charge in [0, 0.05) is 109 Å². The number of fused-ring (bicyclic) bond motifs is 4. The van der Waals surface area contributed by atoms with E-state index in [4.69, 9.17) is 47.0 Å². The zero-order chi connectivity index (χ0) is 79.5. The molecule has 16 rings (SSSR count). The van der Waals surface area contributed by atoms with Gasteiger partial charge in [0.15, 0.2) is 0 Å². The Hall–Kier alpha value is -11.4. The lowest BCUT2D eigenvalue weighted by atomic mass is 9.99. The highest BCUT2D eigenvalue weighted by molar-refractivity contribution is 9.10. The second-order valence-electron chi connectivity index (χ2n) is 28.4. The van der Waals surface area contributed by atoms with Gasteiger partial charge in [0.25, 0.3) is 0 Å². The fourth-order valence-electron chi connectivity index (χ4n) is 14.8. The number of aromatic nitrogens is 6. The van der Waals surface area contributed by atoms with E-state index in [2.05, 4.69) is 265 Å². The number of aliphatic hydroxyl groups excluding tert-OH is 3. The largest absolute Gasteiger partial charge is 0.496 e. The topological polar surface area (TPSA) is 199 Å². The minimum Gasteiger partial charge on any atom is -0.496 e. The van der Waals surface area contributed by atoms with E-state index in [9.17, 15) is 5.26 Å². The van der Waals surface area contributed by atoms with Gasteiger partial charge in [-0.3, -0.25) is 0 Å². The van der Waals surface area contributed by atoms with Crippen molar-refractivity contribution in [3.63, 3.8) is 0 Å². The molecule has 18 heteroatoms. The van der Waals surface area contributed by atoms with Crippen molar-refractivity contribution in [2.75, 3.05) is 58.0 Å². The van der Waals surface area contributed by atoms with Gasteiger partial charge in [0.1, 0.15) is 22.9 Å². The molecule has 12 aromatic carbocycles. The molecule has 1 aliphatic rings. The third-order valence-corrected chi connectivity index (χ3v) is 21.5. The van der Waals surface area contributed by atoms with E-state index in [1.807, 2.05) is 93.0 Å². The molecule has 16 nitrogen and oxygen atoms in total. The van der Waals surface area contributed by atoms with E-state index in [0.717, 1.165) is 143 Å². The van der Waals surface area contributed by atoms with E-state index in [1.54, 1.807) is 7.11 Å². The number of rotatable bonds is 25. The molecule has 0 saturated heterocycles. The van der Waals surface area contributed by atoms with Gasteiger partial charge in [0.2, 0.25) is 0 Å². The average molecular weight is 1600 g/mol. The van der Waals surface area contributed by atoms with Gasteiger partial charge >= 0.3 is 0 Å². The molecule has 0 aliphatic carbocycles. The maximum Gasteiger partial charge on any atom is 0.124 e. The molecule has 0 unspecified atom stereocenters. The van der Waals surface area contributed by atoms with E-state index < -0.39 is 0 Å². The van der Waals surface area contributed by atoms with Crippen LogP contribution < -0.4 is 30.9 Å². The molecule has 0 amide bonds. The molecule has 4 heterocycles. The van der Waals surface area contributed by atoms with Gasteiger partial charge in [-0.15, -0.1) is 0 Å². The summed E-state index contributed by atoms with van der Waals surface area (Å²) < 4.78 is 12.5. The lowest BCUT2D eigenvalue weighted by molar-refractivity contribution is 0.291. The highest BCUT2D eigenvalue weighted by Gasteiger charge is 2.27. The Morgan fingerprint density at radius 2 is 0.825 bits per heavy atom. The van der Waals surface area contributed by atoms with Crippen molar-refractivity contribution in [1.29, 1.82) is 5.26 Å². The molecule has 7 N–H and O–H groups in total. The number of nitrogens with zero attached hydrogens (tertiary/aromatic N) is 8. The molecule has 0 bridgehead atoms. The van der Waals surface area contributed by atoms with E-state index >= 15 is 0 Å². The number of aliphatic hydroxyl groups is 3. The van der Waals surface area contributed by atoms with Crippen LogP contribution in [0.5, 0.6) is 5.75 Å². The first-order chi connectivity index (χ1) is 55.8. The third-order valence-electron chi connectivity index (χ3n) is 20.5. The van der Waals surface area contributed by atoms with Crippen molar-refractivity contribution in [1.82, 2.24) is 50.6 Å². The predicted molar refractivity (Wildman–Crippen MR) is 469 cm³/mol. The van der Waals surface area contributed by atoms with Gasteiger partial charge in [-0.2, -0.15) is 20.6 Å². The molecular formula is C96H96BrClN12O4. The number of hydrogen-bond donors (Lipinski definition) is 7. The van der Waals surface area contributed by atoms with Gasteiger partial charge < -0.3 is 46.2 Å². The van der Waals surface area contributed by atoms with Crippen LogP contribution in [0.4, 0.5) is 5.69 Å². The van der Waals surface area contributed by atoms with Crippen LogP contribution in [0, 0.1) is 39.0 Å². The van der Waals surface area contributed by atoms with Crippen LogP contribution >= 0.6 is 27.5 Å². The van der Waals surface area contributed by atoms with Crippen molar-refractivity contribution in [2.45, 2.75) is 80.3 Å². The Morgan fingerprint density at radius 3 is 1.27 bits per heavy atom. The van der Waals surface area contributed by atoms with Gasteiger partial charge in [-0.05, 0) is 206 Å². The molecule has 3 aromatic heterocycles. The van der Waals surface area contributed by atoms with Crippen LogP contribution in [0.25, 0.3) is 94.3 Å². The van der Waals surface area contributed by atoms with Crippen molar-refractivity contribution >= 4 is 65.9 Å². The number of aryl methyl sites for hydroxylation is 1. The van der Waals surface area contributed by atoms with Crippen LogP contribution in [0.3, 0.4) is 0 Å². The minimum absolute atomic E-state index is 0.0856. The van der Waals surface area contributed by atoms with E-state index in [-0.39, 0.29) is 19.8 Å². The van der Waals surface area contributed by atoms with Crippen LogP contribution in [-0.4, -0.2) is 97.8 Å². The Balaban J connectivity index is 0.000000133. The number of nitrogens with one attached hydrogen (secondary N) is 4. The van der Waals surface area contributed by atoms with Gasteiger partial charge in [-0.25, -0.2) is 14.0 Å². The van der Waals surface area contributed by atoms with Crippen molar-refractivity contribution in [2.24, 2.45) is 0 Å². The molecule has 0 atom stereocenters. The first-order valence-corrected chi connectivity index (χ1v) is 39.9. The summed E-state index contributed by atoms with van der Waals surface area (Å²) in [7, 11) is 1.75. The second kappa shape index (κ2) is 38.9. The summed E-state index contributed by atoms with van der Waals surface area (Å²) >= 11 is 10.5. The third kappa shape index (κ3) is 19.1. The average Bonchev–Trinajstić information content (AvgIpc) is 1.66. The molecule has 578 valence electrons. The number of halogens is 2. The number of ether oxygens (including phenoxy) is 1. The van der Waals surface area contributed by atoms with Gasteiger partial charge in [0.05, 0.1) is 65.8 Å². The number of hydrogen-bond acceptors (Lipinski definition) is 13. The molecule has 0 saturated carbocycles. The predicted octanol–water partition coefficient (Wildman–Crippen LogP) is 19.2. The Kier molecular flexibility index (Phi) is 27.5. The fourth-order valence-corrected chi connectivity index (χ4v) is 15.8. The quantitative estimate of drug-likeness (QED) is 0.0267. The summed E-state index contributed by atoms with van der Waals surface area (Å²) in [5.74, 6) is 0.966. The summed E-state index contributed by atoms with van der Waals surface area (Å²) in [5, 5.41) is 67.9. The lowest BCUT2D eigenvalue weighted by Gasteiger charge is -2.21. The van der Waals surface area contributed by atoms with Crippen molar-refractivity contribution < 1.29 is 20.1 Å². The summed E-state index contributed by atoms with van der Waals surface area (Å²) in [6, 6.07) is 85.9. The zero-order valence-corrected chi connectivity index (χ0v) is 67.7. The summed E-state index contributed by atoms with van der Waals surface area (Å²) in [4.78, 5) is 2.34. The molecule has 0 spiro atoms. The maximum absolute atomic E-state index is 9.60. The Labute approximate surface area is 681 Å². The number of nitriles is 1. The molecule has 15 aromatic rings. The second-order valence-corrected chi connectivity index (χ2v) is 29.6. The smallest absolute Gasteiger partial charge is 0.124 e. The van der Waals surface area contributed by atoms with Crippen LogP contribution in [0.1, 0.15) is 74.5 Å². The minimum atomic E-state index is 0.0856. The highest BCUT2D eigenvalue weighted by atomic mass is 79.9. The number of methoxy groups -OCH3 is 1. The molecule has 0 fully saturated rings.